The van der Waals surface area contributed by atoms with Gasteiger partial charge in [-0.05, 0) is 81.9 Å². The Kier molecular flexibility index (Phi) is 5.93. The second kappa shape index (κ2) is 9.53. The zero-order valence-corrected chi connectivity index (χ0v) is 20.8. The number of ether oxygens (including phenoxy) is 1. The van der Waals surface area contributed by atoms with E-state index < -0.39 is 0 Å². The number of thiophene rings is 1. The Morgan fingerprint density at radius 1 is 0.972 bits per heavy atom. The summed E-state index contributed by atoms with van der Waals surface area (Å²) in [7, 11) is 0. The number of aromatic amines is 1. The van der Waals surface area contributed by atoms with Gasteiger partial charge in [0.2, 0.25) is 0 Å². The molecule has 3 aromatic heterocycles. The van der Waals surface area contributed by atoms with Gasteiger partial charge in [0, 0.05) is 15.1 Å². The van der Waals surface area contributed by atoms with E-state index in [2.05, 4.69) is 81.1 Å². The summed E-state index contributed by atoms with van der Waals surface area (Å²) in [5.74, 6) is 1.52. The van der Waals surface area contributed by atoms with Crippen LogP contribution in [0.25, 0.3) is 43.8 Å². The molecular formula is C28H20ClN5OS. The highest BCUT2D eigenvalue weighted by molar-refractivity contribution is 7.22. The molecule has 0 atom stereocenters. The molecule has 0 bridgehead atoms. The summed E-state index contributed by atoms with van der Waals surface area (Å²) in [5.41, 5.74) is 5.11. The predicted molar refractivity (Wildman–Crippen MR) is 146 cm³/mol. The number of nitrogens with zero attached hydrogens (tertiary/aromatic N) is 4. The number of benzene rings is 3. The third kappa shape index (κ3) is 4.58. The van der Waals surface area contributed by atoms with Crippen molar-refractivity contribution >= 4 is 56.1 Å². The van der Waals surface area contributed by atoms with Gasteiger partial charge in [-0.2, -0.15) is 0 Å². The van der Waals surface area contributed by atoms with E-state index >= 15 is 0 Å². The summed E-state index contributed by atoms with van der Waals surface area (Å²) < 4.78 is 7.27. The maximum atomic E-state index is 6.10. The van der Waals surface area contributed by atoms with Crippen molar-refractivity contribution in [1.29, 1.82) is 0 Å². The molecule has 0 unspecified atom stereocenters. The van der Waals surface area contributed by atoms with Gasteiger partial charge in [0.25, 0.3) is 0 Å². The molecule has 6 aromatic rings. The van der Waals surface area contributed by atoms with Crippen molar-refractivity contribution in [3.63, 3.8) is 0 Å². The van der Waals surface area contributed by atoms with Crippen LogP contribution in [0.5, 0.6) is 5.75 Å². The van der Waals surface area contributed by atoms with E-state index in [1.54, 1.807) is 11.3 Å². The van der Waals surface area contributed by atoms with Crippen molar-refractivity contribution < 1.29 is 4.74 Å². The lowest BCUT2D eigenvalue weighted by atomic mass is 10.1. The Hall–Kier alpha value is -4.07. The molecule has 6 nitrogen and oxygen atoms in total. The molecule has 0 aliphatic carbocycles. The number of tetrazole rings is 1. The molecule has 0 amide bonds. The molecular weight excluding hydrogens is 490 g/mol. The Labute approximate surface area is 216 Å². The van der Waals surface area contributed by atoms with E-state index in [0.717, 1.165) is 49.3 Å². The van der Waals surface area contributed by atoms with Gasteiger partial charge in [0.1, 0.15) is 12.4 Å². The fraction of sp³-hybridized carbons (Fsp3) is 0.0714. The number of halogens is 1. The number of hydrogen-bond acceptors (Lipinski definition) is 6. The highest BCUT2D eigenvalue weighted by Gasteiger charge is 2.14. The van der Waals surface area contributed by atoms with Gasteiger partial charge in [0.05, 0.1) is 16.1 Å². The fourth-order valence-electron chi connectivity index (χ4n) is 4.04. The molecule has 0 saturated heterocycles. The van der Waals surface area contributed by atoms with Gasteiger partial charge in [-0.25, -0.2) is 10.1 Å². The monoisotopic (exact) mass is 509 g/mol. The van der Waals surface area contributed by atoms with Crippen molar-refractivity contribution in [2.24, 2.45) is 0 Å². The van der Waals surface area contributed by atoms with Crippen LogP contribution < -0.4 is 4.74 Å². The van der Waals surface area contributed by atoms with E-state index in [9.17, 15) is 0 Å². The highest BCUT2D eigenvalue weighted by atomic mass is 35.5. The second-order valence-electron chi connectivity index (χ2n) is 8.40. The molecule has 8 heteroatoms. The lowest BCUT2D eigenvalue weighted by molar-refractivity contribution is 0.306. The summed E-state index contributed by atoms with van der Waals surface area (Å²) in [6.07, 6.45) is 4.06. The van der Waals surface area contributed by atoms with E-state index in [4.69, 9.17) is 16.3 Å². The number of rotatable bonds is 6. The van der Waals surface area contributed by atoms with Crippen molar-refractivity contribution in [2.45, 2.75) is 13.5 Å². The quantitative estimate of drug-likeness (QED) is 0.254. The largest absolute Gasteiger partial charge is 0.489 e. The molecule has 0 saturated carbocycles. The SMILES string of the molecule is Cc1c(-c2nnn[nH]2)sc2ccc(OCc3ccc(C=Cc4ccc5ccc(Cl)cc5n4)cc3)cc12. The molecule has 36 heavy (non-hydrogen) atoms. The van der Waals surface area contributed by atoms with Crippen molar-refractivity contribution in [3.05, 3.63) is 100 Å². The number of aromatic nitrogens is 5. The minimum absolute atomic E-state index is 0.491. The minimum Gasteiger partial charge on any atom is -0.489 e. The maximum Gasteiger partial charge on any atom is 0.189 e. The van der Waals surface area contributed by atoms with Gasteiger partial charge >= 0.3 is 0 Å². The number of nitrogens with one attached hydrogen (secondary N) is 1. The maximum absolute atomic E-state index is 6.10. The molecule has 0 spiro atoms. The average molecular weight is 510 g/mol. The Morgan fingerprint density at radius 2 is 1.83 bits per heavy atom. The summed E-state index contributed by atoms with van der Waals surface area (Å²) in [6, 6.07) is 24.3. The summed E-state index contributed by atoms with van der Waals surface area (Å²) in [6.45, 7) is 2.57. The van der Waals surface area contributed by atoms with Crippen molar-refractivity contribution in [3.8, 4) is 16.5 Å². The smallest absolute Gasteiger partial charge is 0.189 e. The molecule has 0 fully saturated rings. The van der Waals surface area contributed by atoms with Gasteiger partial charge in [-0.3, -0.25) is 0 Å². The van der Waals surface area contributed by atoms with Crippen LogP contribution in [0.15, 0.2) is 72.8 Å². The number of H-pyrrole nitrogens is 1. The second-order valence-corrected chi connectivity index (χ2v) is 9.89. The lowest BCUT2D eigenvalue weighted by Gasteiger charge is -2.07. The molecule has 6 rings (SSSR count). The van der Waals surface area contributed by atoms with Crippen molar-refractivity contribution in [1.82, 2.24) is 25.6 Å². The first-order valence-corrected chi connectivity index (χ1v) is 12.6. The van der Waals surface area contributed by atoms with Crippen LogP contribution >= 0.6 is 22.9 Å². The topological polar surface area (TPSA) is 76.6 Å². The molecule has 3 heterocycles. The standard InChI is InChI=1S/C28H20ClN5OS/c1-17-24-15-23(12-13-26(24)36-27(17)28-31-33-34-32-28)35-16-19-4-2-18(3-5-19)6-10-22-11-8-20-7-9-21(29)14-25(20)30-22/h2-15H,16H2,1H3,(H,31,32,33,34). The third-order valence-corrected chi connectivity index (χ3v) is 7.49. The molecule has 0 aliphatic rings. The van der Waals surface area contributed by atoms with Crippen LogP contribution in [0.1, 0.15) is 22.4 Å². The summed E-state index contributed by atoms with van der Waals surface area (Å²) >= 11 is 7.77. The Bertz CT molecular complexity index is 1710. The van der Waals surface area contributed by atoms with Crippen LogP contribution in [-0.2, 0) is 6.61 Å². The van der Waals surface area contributed by atoms with Gasteiger partial charge in [-0.15, -0.1) is 16.4 Å². The minimum atomic E-state index is 0.491. The average Bonchev–Trinajstić information content (AvgIpc) is 3.55. The molecule has 176 valence electrons. The molecule has 0 radical (unpaired) electrons. The van der Waals surface area contributed by atoms with Crippen LogP contribution in [0.4, 0.5) is 0 Å². The van der Waals surface area contributed by atoms with Crippen molar-refractivity contribution in [2.75, 3.05) is 0 Å². The number of hydrogen-bond donors (Lipinski definition) is 1. The summed E-state index contributed by atoms with van der Waals surface area (Å²) in [4.78, 5) is 5.71. The van der Waals surface area contributed by atoms with Crippen LogP contribution in [0, 0.1) is 6.92 Å². The Balaban J connectivity index is 1.13. The number of fused-ring (bicyclic) bond motifs is 2. The lowest BCUT2D eigenvalue weighted by Crippen LogP contribution is -1.95. The molecule has 3 aromatic carbocycles. The first kappa shape index (κ1) is 22.4. The van der Waals surface area contributed by atoms with Gasteiger partial charge in [0.15, 0.2) is 5.82 Å². The predicted octanol–water partition coefficient (Wildman–Crippen LogP) is 7.34. The number of pyridine rings is 1. The third-order valence-electron chi connectivity index (χ3n) is 5.98. The molecule has 1 N–H and O–H groups in total. The first-order valence-electron chi connectivity index (χ1n) is 11.4. The normalized spacial score (nSPS) is 11.6. The molecule has 0 aliphatic heterocycles. The van der Waals surface area contributed by atoms with E-state index in [1.165, 1.54) is 4.70 Å². The van der Waals surface area contributed by atoms with Crippen LogP contribution in [0.2, 0.25) is 5.02 Å². The van der Waals surface area contributed by atoms with Gasteiger partial charge in [-0.1, -0.05) is 54.1 Å². The highest BCUT2D eigenvalue weighted by Crippen LogP contribution is 2.38. The number of aryl methyl sites for hydroxylation is 1. The zero-order chi connectivity index (χ0) is 24.5. The van der Waals surface area contributed by atoms with Crippen LogP contribution in [0.3, 0.4) is 0 Å². The summed E-state index contributed by atoms with van der Waals surface area (Å²) in [5, 5.41) is 17.2. The van der Waals surface area contributed by atoms with E-state index in [1.807, 2.05) is 36.4 Å². The van der Waals surface area contributed by atoms with E-state index in [0.29, 0.717) is 17.5 Å². The first-order chi connectivity index (χ1) is 17.6. The van der Waals surface area contributed by atoms with Crippen LogP contribution in [-0.4, -0.2) is 25.6 Å². The van der Waals surface area contributed by atoms with E-state index in [-0.39, 0.29) is 0 Å². The fourth-order valence-corrected chi connectivity index (χ4v) is 5.33. The van der Waals surface area contributed by atoms with Gasteiger partial charge < -0.3 is 4.74 Å². The Morgan fingerprint density at radius 3 is 2.67 bits per heavy atom. The zero-order valence-electron chi connectivity index (χ0n) is 19.3.